The maximum absolute atomic E-state index is 4.97. The minimum absolute atomic E-state index is 0. The Morgan fingerprint density at radius 3 is 2.04 bits per heavy atom. The predicted octanol–water partition coefficient (Wildman–Crippen LogP) is 3.47. The van der Waals surface area contributed by atoms with Crippen molar-refractivity contribution in [3.05, 3.63) is 35.3 Å². The summed E-state index contributed by atoms with van der Waals surface area (Å²) in [4.78, 5) is 14.7. The zero-order chi connectivity index (χ0) is 15.2. The maximum Gasteiger partial charge on any atom is 0.0730 e. The van der Waals surface area contributed by atoms with Crippen molar-refractivity contribution in [3.63, 3.8) is 0 Å². The summed E-state index contributed by atoms with van der Waals surface area (Å²) in [5.41, 5.74) is 7.53. The van der Waals surface area contributed by atoms with Crippen LogP contribution < -0.4 is 5.32 Å². The first-order chi connectivity index (χ1) is 11.3. The van der Waals surface area contributed by atoms with Gasteiger partial charge in [0.05, 0.1) is 12.1 Å². The van der Waals surface area contributed by atoms with E-state index in [0.29, 0.717) is 12.1 Å². The molecule has 0 aliphatic carbocycles. The predicted molar refractivity (Wildman–Crippen MR) is 94.2 cm³/mol. The number of hydrogen-bond donors (Lipinski definition) is 1. The van der Waals surface area contributed by atoms with Gasteiger partial charge in [-0.05, 0) is 69.6 Å². The van der Waals surface area contributed by atoms with Crippen molar-refractivity contribution in [3.8, 4) is 0 Å². The van der Waals surface area contributed by atoms with E-state index in [-0.39, 0.29) is 17.1 Å². The van der Waals surface area contributed by atoms with Crippen molar-refractivity contribution < 1.29 is 17.1 Å². The van der Waals surface area contributed by atoms with Gasteiger partial charge in [-0.15, -0.1) is 0 Å². The fraction of sp³-hybridized carbons (Fsp3) is 0.526. The molecule has 0 aromatic carbocycles. The molecule has 2 unspecified atom stereocenters. The van der Waals surface area contributed by atoms with Gasteiger partial charge in [0.25, 0.3) is 0 Å². The van der Waals surface area contributed by atoms with Crippen LogP contribution >= 0.6 is 0 Å². The third-order valence-electron chi connectivity index (χ3n) is 5.42. The second kappa shape index (κ2) is 6.45. The molecule has 5 heterocycles. The molecule has 8 bridgehead atoms. The van der Waals surface area contributed by atoms with E-state index < -0.39 is 0 Å². The average Bonchev–Trinajstić information content (AvgIpc) is 3.28. The maximum atomic E-state index is 4.97. The smallest absolute Gasteiger partial charge is 0.0730 e. The number of nitrogens with one attached hydrogen (secondary N) is 1. The van der Waals surface area contributed by atoms with Gasteiger partial charge in [0.2, 0.25) is 0 Å². The van der Waals surface area contributed by atoms with Crippen LogP contribution in [0.25, 0.3) is 0 Å². The first-order valence-electron chi connectivity index (χ1n) is 8.91. The van der Waals surface area contributed by atoms with Gasteiger partial charge in [0.15, 0.2) is 0 Å². The minimum Gasteiger partial charge on any atom is -0.362 e. The number of aliphatic imine (C=N–C) groups is 3. The van der Waals surface area contributed by atoms with Crippen LogP contribution in [0, 0.1) is 0 Å². The van der Waals surface area contributed by atoms with Crippen LogP contribution in [0.15, 0.2) is 50.3 Å². The van der Waals surface area contributed by atoms with E-state index in [9.17, 15) is 0 Å². The van der Waals surface area contributed by atoms with Crippen molar-refractivity contribution in [1.82, 2.24) is 5.32 Å². The number of hydrogen-bond acceptors (Lipinski definition) is 4. The van der Waals surface area contributed by atoms with Gasteiger partial charge in [-0.25, -0.2) is 0 Å². The largest absolute Gasteiger partial charge is 0.362 e. The molecule has 5 heteroatoms. The Bertz CT molecular complexity index is 738. The van der Waals surface area contributed by atoms with Gasteiger partial charge in [-0.3, -0.25) is 15.0 Å². The van der Waals surface area contributed by atoms with Crippen molar-refractivity contribution in [2.75, 3.05) is 0 Å². The first kappa shape index (κ1) is 16.0. The van der Waals surface area contributed by atoms with Crippen molar-refractivity contribution in [2.45, 2.75) is 63.5 Å². The second-order valence-electron chi connectivity index (χ2n) is 7.16. The molecule has 0 spiro atoms. The Labute approximate surface area is 153 Å². The summed E-state index contributed by atoms with van der Waals surface area (Å²) in [5, 5.41) is 3.57. The molecule has 0 aromatic rings. The average molecular weight is 362 g/mol. The molecular weight excluding hydrogens is 340 g/mol. The van der Waals surface area contributed by atoms with E-state index in [2.05, 4.69) is 23.5 Å². The van der Waals surface area contributed by atoms with Crippen LogP contribution in [0.2, 0.25) is 0 Å². The molecule has 5 rings (SSSR count). The monoisotopic (exact) mass is 362 g/mol. The fourth-order valence-electron chi connectivity index (χ4n) is 4.22. The SMILES string of the molecule is C1=C2CCC(=N2)C=C2CCC(=CC3=NC(CC3)C3CCC1=N3)N2.[Fe]. The topological polar surface area (TPSA) is 49.1 Å². The fourth-order valence-corrected chi connectivity index (χ4v) is 4.22. The van der Waals surface area contributed by atoms with Crippen molar-refractivity contribution in [1.29, 1.82) is 0 Å². The van der Waals surface area contributed by atoms with Crippen LogP contribution in [0.5, 0.6) is 0 Å². The Morgan fingerprint density at radius 1 is 0.708 bits per heavy atom. The summed E-state index contributed by atoms with van der Waals surface area (Å²) < 4.78 is 0. The third-order valence-corrected chi connectivity index (χ3v) is 5.42. The molecule has 0 amide bonds. The zero-order valence-corrected chi connectivity index (χ0v) is 14.8. The van der Waals surface area contributed by atoms with E-state index in [4.69, 9.17) is 15.0 Å². The van der Waals surface area contributed by atoms with Crippen molar-refractivity contribution in [2.24, 2.45) is 15.0 Å². The standard InChI is InChI=1S/C19H22N4.Fe/c1-3-14-10-16-5-7-18(22-16)19-8-6-17(23-19)11-15-4-2-13(21-15)9-12(1)20-14;/h9-11,18-20H,1-8H2;. The van der Waals surface area contributed by atoms with Crippen LogP contribution in [0.4, 0.5) is 0 Å². The van der Waals surface area contributed by atoms with E-state index >= 15 is 0 Å². The summed E-state index contributed by atoms with van der Waals surface area (Å²) in [6.45, 7) is 0. The molecular formula is C19H22FeN4. The summed E-state index contributed by atoms with van der Waals surface area (Å²) in [6.07, 6.45) is 15.6. The van der Waals surface area contributed by atoms with Gasteiger partial charge in [0.1, 0.15) is 0 Å². The summed E-state index contributed by atoms with van der Waals surface area (Å²) in [5.74, 6) is 0. The van der Waals surface area contributed by atoms with Crippen molar-refractivity contribution >= 4 is 17.1 Å². The van der Waals surface area contributed by atoms with Crippen LogP contribution in [-0.2, 0) is 17.1 Å². The summed E-state index contributed by atoms with van der Waals surface area (Å²) in [7, 11) is 0. The molecule has 24 heavy (non-hydrogen) atoms. The normalized spacial score (nSPS) is 30.7. The second-order valence-corrected chi connectivity index (χ2v) is 7.16. The molecule has 2 atom stereocenters. The Balaban J connectivity index is 0.00000146. The van der Waals surface area contributed by atoms with Crippen LogP contribution in [0.3, 0.4) is 0 Å². The molecule has 0 aromatic heterocycles. The molecule has 0 radical (unpaired) electrons. The number of rotatable bonds is 0. The summed E-state index contributed by atoms with van der Waals surface area (Å²) >= 11 is 0. The zero-order valence-electron chi connectivity index (χ0n) is 13.7. The van der Waals surface area contributed by atoms with E-state index in [1.54, 1.807) is 0 Å². The van der Waals surface area contributed by atoms with Gasteiger partial charge >= 0.3 is 0 Å². The molecule has 1 N–H and O–H groups in total. The van der Waals surface area contributed by atoms with Crippen LogP contribution in [0.1, 0.15) is 51.4 Å². The molecule has 1 fully saturated rings. The van der Waals surface area contributed by atoms with Gasteiger partial charge < -0.3 is 5.32 Å². The first-order valence-corrected chi connectivity index (χ1v) is 8.91. The molecule has 1 saturated heterocycles. The minimum atomic E-state index is 0. The molecule has 5 aliphatic heterocycles. The molecule has 5 aliphatic rings. The number of allylic oxidation sites excluding steroid dienone is 6. The Morgan fingerprint density at radius 2 is 1.33 bits per heavy atom. The van der Waals surface area contributed by atoms with Crippen LogP contribution in [-0.4, -0.2) is 29.2 Å². The van der Waals surface area contributed by atoms with Gasteiger partial charge in [0, 0.05) is 51.3 Å². The van der Waals surface area contributed by atoms with Gasteiger partial charge in [-0.2, -0.15) is 0 Å². The van der Waals surface area contributed by atoms with E-state index in [1.165, 1.54) is 34.2 Å². The molecule has 0 saturated carbocycles. The molecule has 126 valence electrons. The van der Waals surface area contributed by atoms with E-state index in [0.717, 1.165) is 51.4 Å². The number of nitrogens with zero attached hydrogens (tertiary/aromatic N) is 3. The quantitative estimate of drug-likeness (QED) is 0.659. The Hall–Kier alpha value is -1.45. The summed E-state index contributed by atoms with van der Waals surface area (Å²) in [6, 6.07) is 0.778. The number of fused-ring (bicyclic) bond motifs is 6. The third kappa shape index (κ3) is 3.07. The Kier molecular flexibility index (Phi) is 4.31. The van der Waals surface area contributed by atoms with Gasteiger partial charge in [-0.1, -0.05) is 0 Å². The molecule has 4 nitrogen and oxygen atoms in total. The van der Waals surface area contributed by atoms with E-state index in [1.807, 2.05) is 0 Å².